The molecule has 0 bridgehead atoms. The highest BCUT2D eigenvalue weighted by atomic mass is 35.7. The molecule has 0 amide bonds. The van der Waals surface area contributed by atoms with E-state index in [9.17, 15) is 8.42 Å². The lowest BCUT2D eigenvalue weighted by atomic mass is 10.7. The zero-order chi connectivity index (χ0) is 10.6. The summed E-state index contributed by atoms with van der Waals surface area (Å²) in [6, 6.07) is 0. The van der Waals surface area contributed by atoms with E-state index in [0.29, 0.717) is 0 Å². The molecule has 1 rings (SSSR count). The van der Waals surface area contributed by atoms with Crippen LogP contribution < -0.4 is 0 Å². The number of halogens is 1. The summed E-state index contributed by atoms with van der Waals surface area (Å²) in [5.41, 5.74) is 0. The minimum absolute atomic E-state index is 0.0827. The maximum Gasteiger partial charge on any atom is 0.280 e. The topological polar surface area (TPSA) is 52.0 Å². The van der Waals surface area contributed by atoms with Gasteiger partial charge >= 0.3 is 0 Å². The Kier molecular flexibility index (Phi) is 4.28. The summed E-state index contributed by atoms with van der Waals surface area (Å²) in [6.45, 7) is 2.82. The van der Waals surface area contributed by atoms with Gasteiger partial charge in [0.05, 0.1) is 6.33 Å². The summed E-state index contributed by atoms with van der Waals surface area (Å²) in [4.78, 5) is 3.70. The van der Waals surface area contributed by atoms with Crippen molar-refractivity contribution in [2.45, 2.75) is 18.5 Å². The van der Waals surface area contributed by atoms with Gasteiger partial charge < -0.3 is 4.57 Å². The fraction of sp³-hybridized carbons (Fsp3) is 0.571. The highest BCUT2D eigenvalue weighted by Crippen LogP contribution is 2.11. The minimum Gasteiger partial charge on any atom is -0.335 e. The molecule has 0 saturated carbocycles. The van der Waals surface area contributed by atoms with Gasteiger partial charge in [0.25, 0.3) is 9.05 Å². The fourth-order valence-corrected chi connectivity index (χ4v) is 2.20. The average Bonchev–Trinajstić information content (AvgIpc) is 2.52. The van der Waals surface area contributed by atoms with E-state index in [0.717, 1.165) is 18.1 Å². The van der Waals surface area contributed by atoms with Crippen molar-refractivity contribution in [2.75, 3.05) is 11.5 Å². The van der Waals surface area contributed by atoms with Crippen molar-refractivity contribution in [1.82, 2.24) is 9.55 Å². The van der Waals surface area contributed by atoms with Gasteiger partial charge in [0.1, 0.15) is 0 Å². The number of nitrogens with zero attached hydrogens (tertiary/aromatic N) is 2. The van der Waals surface area contributed by atoms with Crippen LogP contribution in [0.4, 0.5) is 0 Å². The second-order valence-electron chi connectivity index (χ2n) is 2.58. The molecule has 0 N–H and O–H groups in total. The Hall–Kier alpha value is -0.200. The molecule has 7 heteroatoms. The van der Waals surface area contributed by atoms with Gasteiger partial charge in [0, 0.05) is 29.2 Å². The van der Waals surface area contributed by atoms with Crippen molar-refractivity contribution in [1.29, 1.82) is 0 Å². The molecule has 1 aromatic heterocycles. The van der Waals surface area contributed by atoms with Crippen LogP contribution in [-0.2, 0) is 15.6 Å². The molecule has 0 aromatic carbocycles. The SMILES string of the molecule is CCSCCn1cnc(S(=O)(=O)Cl)c1. The van der Waals surface area contributed by atoms with Gasteiger partial charge in [-0.1, -0.05) is 6.92 Å². The number of hydrogen-bond acceptors (Lipinski definition) is 4. The number of aromatic nitrogens is 2. The summed E-state index contributed by atoms with van der Waals surface area (Å²) < 4.78 is 23.4. The van der Waals surface area contributed by atoms with Crippen molar-refractivity contribution >= 4 is 31.5 Å². The van der Waals surface area contributed by atoms with Crippen LogP contribution in [0.5, 0.6) is 0 Å². The van der Waals surface area contributed by atoms with Crippen LogP contribution in [0.1, 0.15) is 6.92 Å². The summed E-state index contributed by atoms with van der Waals surface area (Å²) >= 11 is 1.79. The Bertz CT molecular complexity index is 388. The van der Waals surface area contributed by atoms with Gasteiger partial charge in [0.2, 0.25) is 0 Å². The Morgan fingerprint density at radius 1 is 1.64 bits per heavy atom. The first-order valence-corrected chi connectivity index (χ1v) is 7.54. The first-order valence-electron chi connectivity index (χ1n) is 4.08. The molecule has 0 unspecified atom stereocenters. The van der Waals surface area contributed by atoms with Gasteiger partial charge in [-0.15, -0.1) is 0 Å². The molecule has 4 nitrogen and oxygen atoms in total. The third-order valence-corrected chi connectivity index (χ3v) is 3.62. The smallest absolute Gasteiger partial charge is 0.280 e. The molecule has 1 aromatic rings. The Morgan fingerprint density at radius 3 is 2.86 bits per heavy atom. The number of imidazole rings is 1. The van der Waals surface area contributed by atoms with Gasteiger partial charge in [-0.2, -0.15) is 11.8 Å². The van der Waals surface area contributed by atoms with Crippen LogP contribution in [0.2, 0.25) is 0 Å². The number of thioether (sulfide) groups is 1. The number of aryl methyl sites for hydroxylation is 1. The fourth-order valence-electron chi connectivity index (χ4n) is 0.902. The third-order valence-electron chi connectivity index (χ3n) is 1.56. The van der Waals surface area contributed by atoms with Crippen LogP contribution in [0.25, 0.3) is 0 Å². The first-order chi connectivity index (χ1) is 6.54. The predicted octanol–water partition coefficient (Wildman–Crippen LogP) is 1.56. The van der Waals surface area contributed by atoms with Crippen molar-refractivity contribution < 1.29 is 8.42 Å². The number of rotatable bonds is 5. The monoisotopic (exact) mass is 254 g/mol. The average molecular weight is 255 g/mol. The van der Waals surface area contributed by atoms with E-state index >= 15 is 0 Å². The second-order valence-corrected chi connectivity index (χ2v) is 6.49. The van der Waals surface area contributed by atoms with Gasteiger partial charge in [-0.25, -0.2) is 13.4 Å². The van der Waals surface area contributed by atoms with Crippen LogP contribution >= 0.6 is 22.4 Å². The molecular formula is C7H11ClN2O2S2. The zero-order valence-electron chi connectivity index (χ0n) is 7.68. The maximum absolute atomic E-state index is 10.9. The summed E-state index contributed by atoms with van der Waals surface area (Å²) in [5, 5.41) is -0.0827. The Morgan fingerprint density at radius 2 is 2.36 bits per heavy atom. The lowest BCUT2D eigenvalue weighted by Crippen LogP contribution is -1.97. The van der Waals surface area contributed by atoms with E-state index in [1.54, 1.807) is 16.3 Å². The normalized spacial score (nSPS) is 11.9. The zero-order valence-corrected chi connectivity index (χ0v) is 10.1. The Balaban J connectivity index is 2.60. The van der Waals surface area contributed by atoms with E-state index in [1.807, 2.05) is 0 Å². The van der Waals surface area contributed by atoms with Crippen molar-refractivity contribution in [3.8, 4) is 0 Å². The molecule has 0 atom stereocenters. The van der Waals surface area contributed by atoms with Gasteiger partial charge in [0.15, 0.2) is 5.03 Å². The Labute approximate surface area is 92.1 Å². The molecule has 80 valence electrons. The highest BCUT2D eigenvalue weighted by Gasteiger charge is 2.12. The molecule has 0 spiro atoms. The number of hydrogen-bond donors (Lipinski definition) is 0. The quantitative estimate of drug-likeness (QED) is 0.591. The minimum atomic E-state index is -3.68. The molecule has 0 aliphatic carbocycles. The highest BCUT2D eigenvalue weighted by molar-refractivity contribution is 8.13. The molecule has 14 heavy (non-hydrogen) atoms. The standard InChI is InChI=1S/C7H11ClN2O2S2/c1-2-13-4-3-10-5-7(9-6-10)14(8,11)12/h5-6H,2-4H2,1H3. The van der Waals surface area contributed by atoms with E-state index in [-0.39, 0.29) is 5.03 Å². The van der Waals surface area contributed by atoms with Crippen molar-refractivity contribution in [3.63, 3.8) is 0 Å². The predicted molar refractivity (Wildman–Crippen MR) is 58.3 cm³/mol. The molecule has 1 heterocycles. The van der Waals surface area contributed by atoms with E-state index in [1.165, 1.54) is 12.5 Å². The molecular weight excluding hydrogens is 244 g/mol. The van der Waals surface area contributed by atoms with Gasteiger partial charge in [-0.05, 0) is 5.75 Å². The summed E-state index contributed by atoms with van der Waals surface area (Å²) in [7, 11) is 1.45. The van der Waals surface area contributed by atoms with Gasteiger partial charge in [-0.3, -0.25) is 0 Å². The molecule has 0 aliphatic heterocycles. The van der Waals surface area contributed by atoms with E-state index in [4.69, 9.17) is 10.7 Å². The van der Waals surface area contributed by atoms with Crippen molar-refractivity contribution in [3.05, 3.63) is 12.5 Å². The first kappa shape index (κ1) is 11.9. The maximum atomic E-state index is 10.9. The van der Waals surface area contributed by atoms with E-state index < -0.39 is 9.05 Å². The largest absolute Gasteiger partial charge is 0.335 e. The lowest BCUT2D eigenvalue weighted by Gasteiger charge is -1.98. The van der Waals surface area contributed by atoms with Crippen LogP contribution in [-0.4, -0.2) is 29.5 Å². The summed E-state index contributed by atoms with van der Waals surface area (Å²) in [5.74, 6) is 1.99. The second kappa shape index (κ2) is 5.04. The van der Waals surface area contributed by atoms with E-state index in [2.05, 4.69) is 11.9 Å². The molecule has 0 saturated heterocycles. The molecule has 0 fully saturated rings. The van der Waals surface area contributed by atoms with Crippen molar-refractivity contribution in [2.24, 2.45) is 0 Å². The molecule has 0 radical (unpaired) electrons. The summed E-state index contributed by atoms with van der Waals surface area (Å²) in [6.07, 6.45) is 2.92. The van der Waals surface area contributed by atoms with Crippen LogP contribution in [0.15, 0.2) is 17.6 Å². The van der Waals surface area contributed by atoms with Crippen LogP contribution in [0, 0.1) is 0 Å². The van der Waals surface area contributed by atoms with Crippen LogP contribution in [0.3, 0.4) is 0 Å². The third kappa shape index (κ3) is 3.51. The lowest BCUT2D eigenvalue weighted by molar-refractivity contribution is 0.606. The molecule has 0 aliphatic rings.